The molecule has 1 aromatic rings. The van der Waals surface area contributed by atoms with Crippen molar-refractivity contribution in [2.45, 2.75) is 44.6 Å². The average molecular weight is 382 g/mol. The van der Waals surface area contributed by atoms with Gasteiger partial charge in [-0.25, -0.2) is 0 Å². The molecule has 0 spiro atoms. The maximum absolute atomic E-state index is 12.7. The second-order valence-corrected chi connectivity index (χ2v) is 8.21. The Kier molecular flexibility index (Phi) is 5.20. The smallest absolute Gasteiger partial charge is 0.307 e. The molecule has 2 amide bonds. The number of carboxylic acids is 1. The topological polar surface area (TPSA) is 95.5 Å². The van der Waals surface area contributed by atoms with Crippen LogP contribution in [0.2, 0.25) is 0 Å². The highest BCUT2D eigenvalue weighted by atomic mass is 16.4. The summed E-state index contributed by atoms with van der Waals surface area (Å²) in [4.78, 5) is 36.7. The Balaban J connectivity index is 1.37. The van der Waals surface area contributed by atoms with E-state index in [1.54, 1.807) is 24.3 Å². The Labute approximate surface area is 164 Å². The fourth-order valence-electron chi connectivity index (χ4n) is 4.96. The molecule has 6 heteroatoms. The zero-order valence-electron chi connectivity index (χ0n) is 15.8. The van der Waals surface area contributed by atoms with Gasteiger partial charge in [0.1, 0.15) is 0 Å². The molecule has 0 radical (unpaired) electrons. The summed E-state index contributed by atoms with van der Waals surface area (Å²) < 4.78 is 0. The highest BCUT2D eigenvalue weighted by molar-refractivity contribution is 5.98. The molecule has 2 fully saturated rings. The largest absolute Gasteiger partial charge is 0.481 e. The van der Waals surface area contributed by atoms with Gasteiger partial charge < -0.3 is 15.7 Å². The van der Waals surface area contributed by atoms with E-state index in [1.165, 1.54) is 6.42 Å². The molecule has 3 aliphatic carbocycles. The molecule has 0 heterocycles. The highest BCUT2D eigenvalue weighted by Gasteiger charge is 2.51. The summed E-state index contributed by atoms with van der Waals surface area (Å²) in [5.41, 5.74) is 1.14. The summed E-state index contributed by atoms with van der Waals surface area (Å²) in [7, 11) is 0. The third-order valence-corrected chi connectivity index (χ3v) is 6.40. The minimum absolute atomic E-state index is 0.00774. The van der Waals surface area contributed by atoms with E-state index in [0.717, 1.165) is 32.1 Å². The van der Waals surface area contributed by atoms with Crippen LogP contribution in [0.1, 0.15) is 48.9 Å². The number of carbonyl (C=O) groups is 3. The van der Waals surface area contributed by atoms with Crippen molar-refractivity contribution in [3.05, 3.63) is 42.0 Å². The van der Waals surface area contributed by atoms with Crippen molar-refractivity contribution < 1.29 is 19.5 Å². The van der Waals surface area contributed by atoms with Gasteiger partial charge in [0.05, 0.1) is 11.8 Å². The standard InChI is InChI=1S/C22H26N2O4/c25-20(23-16-4-2-1-3-5-16)13-8-10-17(11-9-13)24-21(26)18-14-6-7-15(12-14)19(18)22(27)28/h6-11,14-16,18-19H,1-5,12H2,(H,23,25)(H,24,26)(H,27,28)/t14-,15+,18-,19+/m1/s1. The second kappa shape index (κ2) is 7.78. The molecule has 2 saturated carbocycles. The van der Waals surface area contributed by atoms with Crippen LogP contribution in [-0.4, -0.2) is 28.9 Å². The lowest BCUT2D eigenvalue weighted by atomic mass is 9.82. The van der Waals surface area contributed by atoms with Crippen molar-refractivity contribution in [3.8, 4) is 0 Å². The molecule has 6 nitrogen and oxygen atoms in total. The van der Waals surface area contributed by atoms with Crippen molar-refractivity contribution in [3.63, 3.8) is 0 Å². The van der Waals surface area contributed by atoms with E-state index < -0.39 is 17.8 Å². The normalized spacial score (nSPS) is 28.9. The minimum Gasteiger partial charge on any atom is -0.481 e. The fraction of sp³-hybridized carbons (Fsp3) is 0.500. The second-order valence-electron chi connectivity index (χ2n) is 8.21. The van der Waals surface area contributed by atoms with Gasteiger partial charge in [0.25, 0.3) is 5.91 Å². The van der Waals surface area contributed by atoms with Crippen LogP contribution in [0.5, 0.6) is 0 Å². The first kappa shape index (κ1) is 18.7. The summed E-state index contributed by atoms with van der Waals surface area (Å²) in [6.45, 7) is 0. The van der Waals surface area contributed by atoms with Gasteiger partial charge in [-0.2, -0.15) is 0 Å². The first-order chi connectivity index (χ1) is 13.5. The molecule has 0 aliphatic heterocycles. The first-order valence-corrected chi connectivity index (χ1v) is 10.2. The quantitative estimate of drug-likeness (QED) is 0.682. The number of anilines is 1. The molecule has 4 rings (SSSR count). The number of benzene rings is 1. The van der Waals surface area contributed by atoms with E-state index in [-0.39, 0.29) is 29.7 Å². The van der Waals surface area contributed by atoms with Crippen LogP contribution in [-0.2, 0) is 9.59 Å². The number of hydrogen-bond donors (Lipinski definition) is 3. The molecule has 1 aromatic carbocycles. The van der Waals surface area contributed by atoms with Gasteiger partial charge in [-0.15, -0.1) is 0 Å². The number of carboxylic acid groups (broad SMARTS) is 1. The maximum Gasteiger partial charge on any atom is 0.307 e. The predicted molar refractivity (Wildman–Crippen MR) is 105 cm³/mol. The van der Waals surface area contributed by atoms with Crippen molar-refractivity contribution in [1.29, 1.82) is 0 Å². The number of allylic oxidation sites excluding steroid dienone is 2. The molecule has 0 unspecified atom stereocenters. The number of fused-ring (bicyclic) bond motifs is 2. The van der Waals surface area contributed by atoms with Crippen LogP contribution in [0.25, 0.3) is 0 Å². The van der Waals surface area contributed by atoms with Gasteiger partial charge in [0.15, 0.2) is 0 Å². The molecule has 3 N–H and O–H groups in total. The van der Waals surface area contributed by atoms with Gasteiger partial charge in [-0.1, -0.05) is 31.4 Å². The van der Waals surface area contributed by atoms with Crippen LogP contribution < -0.4 is 10.6 Å². The minimum atomic E-state index is -0.910. The predicted octanol–water partition coefficient (Wildman–Crippen LogP) is 3.21. The molecular weight excluding hydrogens is 356 g/mol. The summed E-state index contributed by atoms with van der Waals surface area (Å²) in [6.07, 6.45) is 10.2. The lowest BCUT2D eigenvalue weighted by molar-refractivity contribution is -0.146. The number of carbonyl (C=O) groups excluding carboxylic acids is 2. The van der Waals surface area contributed by atoms with Crippen molar-refractivity contribution in [2.24, 2.45) is 23.7 Å². The maximum atomic E-state index is 12.7. The molecule has 28 heavy (non-hydrogen) atoms. The van der Waals surface area contributed by atoms with E-state index in [4.69, 9.17) is 0 Å². The zero-order valence-corrected chi connectivity index (χ0v) is 15.8. The van der Waals surface area contributed by atoms with Gasteiger partial charge >= 0.3 is 5.97 Å². The van der Waals surface area contributed by atoms with Crippen LogP contribution in [0.4, 0.5) is 5.69 Å². The number of nitrogens with one attached hydrogen (secondary N) is 2. The van der Waals surface area contributed by atoms with Crippen molar-refractivity contribution in [2.75, 3.05) is 5.32 Å². The van der Waals surface area contributed by atoms with Gasteiger partial charge in [0, 0.05) is 17.3 Å². The molecule has 148 valence electrons. The number of rotatable bonds is 5. The third-order valence-electron chi connectivity index (χ3n) is 6.40. The number of amides is 2. The van der Waals surface area contributed by atoms with E-state index in [1.807, 2.05) is 12.2 Å². The summed E-state index contributed by atoms with van der Waals surface area (Å²) >= 11 is 0. The number of aliphatic carboxylic acids is 1. The lowest BCUT2D eigenvalue weighted by Crippen LogP contribution is -2.36. The summed E-state index contributed by atoms with van der Waals surface area (Å²) in [5, 5.41) is 15.4. The molecule has 0 saturated heterocycles. The summed E-state index contributed by atoms with van der Waals surface area (Å²) in [6, 6.07) is 7.05. The highest BCUT2D eigenvalue weighted by Crippen LogP contribution is 2.48. The molecule has 3 aliphatic rings. The Morgan fingerprint density at radius 1 is 0.893 bits per heavy atom. The fourth-order valence-corrected chi connectivity index (χ4v) is 4.96. The van der Waals surface area contributed by atoms with E-state index in [0.29, 0.717) is 11.3 Å². The Hall–Kier alpha value is -2.63. The monoisotopic (exact) mass is 382 g/mol. The van der Waals surface area contributed by atoms with Gasteiger partial charge in [-0.3, -0.25) is 14.4 Å². The Morgan fingerprint density at radius 3 is 2.18 bits per heavy atom. The van der Waals surface area contributed by atoms with E-state index >= 15 is 0 Å². The van der Waals surface area contributed by atoms with Crippen molar-refractivity contribution in [1.82, 2.24) is 5.32 Å². The molecule has 0 aromatic heterocycles. The molecule has 4 atom stereocenters. The molecular formula is C22H26N2O4. The van der Waals surface area contributed by atoms with Crippen LogP contribution in [0.3, 0.4) is 0 Å². The summed E-state index contributed by atoms with van der Waals surface area (Å²) in [5.74, 6) is -2.52. The van der Waals surface area contributed by atoms with Crippen molar-refractivity contribution >= 4 is 23.5 Å². The van der Waals surface area contributed by atoms with E-state index in [2.05, 4.69) is 10.6 Å². The van der Waals surface area contributed by atoms with Crippen LogP contribution in [0.15, 0.2) is 36.4 Å². The van der Waals surface area contributed by atoms with Crippen LogP contribution >= 0.6 is 0 Å². The third kappa shape index (κ3) is 3.68. The Morgan fingerprint density at radius 2 is 1.54 bits per heavy atom. The van der Waals surface area contributed by atoms with Gasteiger partial charge in [0.2, 0.25) is 5.91 Å². The SMILES string of the molecule is O=C(NC1CCCCC1)c1ccc(NC(=O)[C@H]2[C@@H](C(=O)O)[C@H]3C=C[C@@H]2C3)cc1. The van der Waals surface area contributed by atoms with E-state index in [9.17, 15) is 19.5 Å². The number of hydrogen-bond acceptors (Lipinski definition) is 3. The zero-order chi connectivity index (χ0) is 19.7. The average Bonchev–Trinajstić information content (AvgIpc) is 3.31. The first-order valence-electron chi connectivity index (χ1n) is 10.2. The van der Waals surface area contributed by atoms with Gasteiger partial charge in [-0.05, 0) is 55.4 Å². The molecule has 2 bridgehead atoms. The Bertz CT molecular complexity index is 795. The lowest BCUT2D eigenvalue weighted by Gasteiger charge is -2.24. The van der Waals surface area contributed by atoms with Crippen LogP contribution in [0, 0.1) is 23.7 Å².